The van der Waals surface area contributed by atoms with Crippen LogP contribution in [0, 0.1) is 13.8 Å². The summed E-state index contributed by atoms with van der Waals surface area (Å²) in [5.41, 5.74) is 2.97. The molecule has 0 unspecified atom stereocenters. The molecule has 2 aromatic heterocycles. The lowest BCUT2D eigenvalue weighted by molar-refractivity contribution is -0.130. The third-order valence-corrected chi connectivity index (χ3v) is 5.14. The molecule has 0 aromatic carbocycles. The summed E-state index contributed by atoms with van der Waals surface area (Å²) in [4.78, 5) is 29.9. The first-order chi connectivity index (χ1) is 12.0. The molecule has 132 valence electrons. The van der Waals surface area contributed by atoms with Crippen molar-refractivity contribution in [2.24, 2.45) is 0 Å². The molecule has 1 amide bonds. The average molecular weight is 357 g/mol. The van der Waals surface area contributed by atoms with Crippen molar-refractivity contribution >= 4 is 23.4 Å². The number of anilines is 1. The zero-order valence-electron chi connectivity index (χ0n) is 14.8. The minimum absolute atomic E-state index is 0.151. The van der Waals surface area contributed by atoms with Crippen LogP contribution in [-0.4, -0.2) is 57.2 Å². The van der Waals surface area contributed by atoms with Gasteiger partial charge < -0.3 is 9.80 Å². The Kier molecular flexibility index (Phi) is 5.53. The number of amides is 1. The predicted octanol–water partition coefficient (Wildman–Crippen LogP) is 2.32. The topological polar surface area (TPSA) is 62.2 Å². The molecule has 1 saturated heterocycles. The molecule has 0 spiro atoms. The fourth-order valence-corrected chi connectivity index (χ4v) is 3.90. The second-order valence-electron chi connectivity index (χ2n) is 6.22. The van der Waals surface area contributed by atoms with Gasteiger partial charge in [0.25, 0.3) is 0 Å². The van der Waals surface area contributed by atoms with Crippen LogP contribution in [0.2, 0.25) is 0 Å². The Morgan fingerprint density at radius 1 is 1.16 bits per heavy atom. The van der Waals surface area contributed by atoms with Gasteiger partial charge in [0.2, 0.25) is 5.91 Å². The van der Waals surface area contributed by atoms with Crippen LogP contribution in [0.15, 0.2) is 35.7 Å². The van der Waals surface area contributed by atoms with E-state index in [1.807, 2.05) is 44.0 Å². The molecule has 6 nitrogen and oxygen atoms in total. The summed E-state index contributed by atoms with van der Waals surface area (Å²) in [7, 11) is 0. The highest BCUT2D eigenvalue weighted by molar-refractivity contribution is 8.00. The van der Waals surface area contributed by atoms with Gasteiger partial charge in [0.15, 0.2) is 5.16 Å². The first-order valence-corrected chi connectivity index (χ1v) is 9.33. The summed E-state index contributed by atoms with van der Waals surface area (Å²) in [5.74, 6) is 0.151. The minimum atomic E-state index is -0.189. The first kappa shape index (κ1) is 17.7. The molecule has 0 N–H and O–H groups in total. The van der Waals surface area contributed by atoms with E-state index in [1.165, 1.54) is 11.8 Å². The van der Waals surface area contributed by atoms with Gasteiger partial charge in [-0.15, -0.1) is 0 Å². The lowest BCUT2D eigenvalue weighted by Crippen LogP contribution is -2.50. The van der Waals surface area contributed by atoms with Gasteiger partial charge in [-0.25, -0.2) is 9.97 Å². The van der Waals surface area contributed by atoms with E-state index in [0.29, 0.717) is 5.16 Å². The zero-order chi connectivity index (χ0) is 17.8. The molecule has 1 aliphatic rings. The zero-order valence-corrected chi connectivity index (χ0v) is 15.7. The van der Waals surface area contributed by atoms with Gasteiger partial charge in [-0.05, 0) is 39.0 Å². The van der Waals surface area contributed by atoms with E-state index in [9.17, 15) is 4.79 Å². The van der Waals surface area contributed by atoms with E-state index in [-0.39, 0.29) is 11.2 Å². The van der Waals surface area contributed by atoms with Gasteiger partial charge in [0.1, 0.15) is 0 Å². The van der Waals surface area contributed by atoms with Crippen LogP contribution < -0.4 is 4.90 Å². The van der Waals surface area contributed by atoms with Crippen molar-refractivity contribution in [1.29, 1.82) is 0 Å². The molecule has 1 atom stereocenters. The monoisotopic (exact) mass is 357 g/mol. The Hall–Kier alpha value is -2.15. The number of carbonyl (C=O) groups excluding carboxylic acids is 1. The molecule has 0 bridgehead atoms. The van der Waals surface area contributed by atoms with Crippen molar-refractivity contribution in [1.82, 2.24) is 19.9 Å². The molecule has 1 fully saturated rings. The molecule has 7 heteroatoms. The summed E-state index contributed by atoms with van der Waals surface area (Å²) in [5, 5.41) is 0.485. The van der Waals surface area contributed by atoms with Crippen molar-refractivity contribution < 1.29 is 4.79 Å². The second kappa shape index (κ2) is 7.82. The van der Waals surface area contributed by atoms with E-state index in [4.69, 9.17) is 0 Å². The van der Waals surface area contributed by atoms with Crippen LogP contribution in [0.5, 0.6) is 0 Å². The highest BCUT2D eigenvalue weighted by Crippen LogP contribution is 2.23. The van der Waals surface area contributed by atoms with E-state index < -0.39 is 0 Å². The number of hydrogen-bond acceptors (Lipinski definition) is 6. The Morgan fingerprint density at radius 2 is 1.84 bits per heavy atom. The van der Waals surface area contributed by atoms with Crippen LogP contribution in [0.4, 0.5) is 5.69 Å². The Bertz CT molecular complexity index is 711. The summed E-state index contributed by atoms with van der Waals surface area (Å²) in [6.45, 7) is 8.94. The third kappa shape index (κ3) is 4.48. The largest absolute Gasteiger partial charge is 0.367 e. The van der Waals surface area contributed by atoms with E-state index in [1.54, 1.807) is 6.20 Å². The second-order valence-corrected chi connectivity index (χ2v) is 7.52. The number of hydrogen-bond donors (Lipinski definition) is 0. The highest BCUT2D eigenvalue weighted by Gasteiger charge is 2.26. The molecule has 0 aliphatic carbocycles. The van der Waals surface area contributed by atoms with Crippen LogP contribution in [-0.2, 0) is 4.79 Å². The Morgan fingerprint density at radius 3 is 2.44 bits per heavy atom. The molecular formula is C18H23N5OS. The van der Waals surface area contributed by atoms with Crippen LogP contribution in [0.3, 0.4) is 0 Å². The van der Waals surface area contributed by atoms with E-state index in [2.05, 4.69) is 25.9 Å². The third-order valence-electron chi connectivity index (χ3n) is 4.19. The predicted molar refractivity (Wildman–Crippen MR) is 99.9 cm³/mol. The fraction of sp³-hybridized carbons (Fsp3) is 0.444. The van der Waals surface area contributed by atoms with Gasteiger partial charge in [0.05, 0.1) is 17.1 Å². The standard InChI is InChI=1S/C18H23N5OS/c1-13-11-14(2)21-18(20-13)25-15(3)17(24)23-9-7-22(8-10-23)16-5-4-6-19-12-16/h4-6,11-12,15H,7-10H2,1-3H3/t15-/m0/s1. The highest BCUT2D eigenvalue weighted by atomic mass is 32.2. The summed E-state index contributed by atoms with van der Waals surface area (Å²) in [6, 6.07) is 5.93. The number of aryl methyl sites for hydroxylation is 2. The molecule has 25 heavy (non-hydrogen) atoms. The molecule has 0 saturated carbocycles. The maximum Gasteiger partial charge on any atom is 0.236 e. The van der Waals surface area contributed by atoms with Crippen molar-refractivity contribution in [2.45, 2.75) is 31.2 Å². The van der Waals surface area contributed by atoms with Crippen molar-refractivity contribution in [3.8, 4) is 0 Å². The average Bonchev–Trinajstić information content (AvgIpc) is 2.61. The normalized spacial score (nSPS) is 16.0. The molecule has 1 aliphatic heterocycles. The van der Waals surface area contributed by atoms with E-state index in [0.717, 1.165) is 43.3 Å². The van der Waals surface area contributed by atoms with Gasteiger partial charge >= 0.3 is 0 Å². The van der Waals surface area contributed by atoms with Gasteiger partial charge in [0, 0.05) is 43.8 Å². The summed E-state index contributed by atoms with van der Waals surface area (Å²) in [6.07, 6.45) is 3.64. The SMILES string of the molecule is Cc1cc(C)nc(S[C@@H](C)C(=O)N2CCN(c3cccnc3)CC2)n1. The Labute approximate surface area is 152 Å². The number of thioether (sulfide) groups is 1. The van der Waals surface area contributed by atoms with Crippen LogP contribution in [0.25, 0.3) is 0 Å². The number of aromatic nitrogens is 3. The van der Waals surface area contributed by atoms with Gasteiger partial charge in [-0.2, -0.15) is 0 Å². The molecule has 3 heterocycles. The van der Waals surface area contributed by atoms with Crippen molar-refractivity contribution in [2.75, 3.05) is 31.1 Å². The fourth-order valence-electron chi connectivity index (χ4n) is 2.94. The summed E-state index contributed by atoms with van der Waals surface area (Å²) < 4.78 is 0. The van der Waals surface area contributed by atoms with Gasteiger partial charge in [-0.3, -0.25) is 9.78 Å². The Balaban J connectivity index is 1.56. The first-order valence-electron chi connectivity index (χ1n) is 8.45. The van der Waals surface area contributed by atoms with E-state index >= 15 is 0 Å². The van der Waals surface area contributed by atoms with Crippen LogP contribution >= 0.6 is 11.8 Å². The van der Waals surface area contributed by atoms with Crippen molar-refractivity contribution in [3.05, 3.63) is 42.0 Å². The number of rotatable bonds is 4. The minimum Gasteiger partial charge on any atom is -0.367 e. The summed E-state index contributed by atoms with van der Waals surface area (Å²) >= 11 is 1.43. The number of carbonyl (C=O) groups is 1. The van der Waals surface area contributed by atoms with Gasteiger partial charge in [-0.1, -0.05) is 11.8 Å². The maximum atomic E-state index is 12.7. The lowest BCUT2D eigenvalue weighted by atomic mass is 10.2. The molecular weight excluding hydrogens is 334 g/mol. The number of piperazine rings is 1. The lowest BCUT2D eigenvalue weighted by Gasteiger charge is -2.36. The van der Waals surface area contributed by atoms with Crippen LogP contribution in [0.1, 0.15) is 18.3 Å². The number of nitrogens with zero attached hydrogens (tertiary/aromatic N) is 5. The maximum absolute atomic E-state index is 12.7. The molecule has 0 radical (unpaired) electrons. The number of pyridine rings is 1. The van der Waals surface area contributed by atoms with Crippen molar-refractivity contribution in [3.63, 3.8) is 0 Å². The molecule has 3 rings (SSSR count). The quantitative estimate of drug-likeness (QED) is 0.618. The smallest absolute Gasteiger partial charge is 0.236 e. The molecule has 2 aromatic rings.